The molecule has 17 heavy (non-hydrogen) atoms. The van der Waals surface area contributed by atoms with E-state index in [1.165, 1.54) is 44.4 Å². The molecule has 0 atom stereocenters. The van der Waals surface area contributed by atoms with Crippen LogP contribution in [0.25, 0.3) is 0 Å². The van der Waals surface area contributed by atoms with E-state index in [0.29, 0.717) is 10.8 Å². The Balaban J connectivity index is 2.14. The maximum Gasteiger partial charge on any atom is 0.166 e. The van der Waals surface area contributed by atoms with Crippen molar-refractivity contribution in [1.82, 2.24) is 4.98 Å². The van der Waals surface area contributed by atoms with E-state index in [2.05, 4.69) is 17.2 Å². The average molecular weight is 259 g/mol. The van der Waals surface area contributed by atoms with Crippen molar-refractivity contribution in [2.24, 2.45) is 0 Å². The average Bonchev–Trinajstić information content (AvgIpc) is 2.30. The first-order valence-electron chi connectivity index (χ1n) is 6.29. The highest BCUT2D eigenvalue weighted by Crippen LogP contribution is 2.15. The van der Waals surface area contributed by atoms with Crippen molar-refractivity contribution in [3.8, 4) is 0 Å². The van der Waals surface area contributed by atoms with Crippen LogP contribution >= 0.6 is 11.6 Å². The Hall–Kier alpha value is -0.830. The summed E-state index contributed by atoms with van der Waals surface area (Å²) in [7, 11) is 0. The molecule has 0 aliphatic heterocycles. The van der Waals surface area contributed by atoms with Crippen LogP contribution in [-0.4, -0.2) is 11.5 Å². The zero-order valence-corrected chi connectivity index (χ0v) is 11.1. The van der Waals surface area contributed by atoms with Crippen LogP contribution in [0.5, 0.6) is 0 Å². The quantitative estimate of drug-likeness (QED) is 0.687. The largest absolute Gasteiger partial charge is 0.368 e. The predicted octanol–water partition coefficient (Wildman–Crippen LogP) is 4.65. The SMILES string of the molecule is CCCCCCCCNc1ncc(Cl)cc1F. The maximum atomic E-state index is 13.3. The fourth-order valence-electron chi connectivity index (χ4n) is 1.66. The summed E-state index contributed by atoms with van der Waals surface area (Å²) in [5.41, 5.74) is 0. The lowest BCUT2D eigenvalue weighted by Crippen LogP contribution is -2.05. The second-order valence-electron chi connectivity index (χ2n) is 4.18. The van der Waals surface area contributed by atoms with Crippen LogP contribution in [0.1, 0.15) is 45.4 Å². The number of nitrogens with zero attached hydrogens (tertiary/aromatic N) is 1. The Labute approximate surface area is 108 Å². The monoisotopic (exact) mass is 258 g/mol. The molecule has 1 heterocycles. The van der Waals surface area contributed by atoms with Crippen molar-refractivity contribution in [3.63, 3.8) is 0 Å². The molecule has 0 unspecified atom stereocenters. The molecule has 96 valence electrons. The molecule has 1 N–H and O–H groups in total. The Morgan fingerprint density at radius 3 is 2.65 bits per heavy atom. The number of anilines is 1. The number of aromatic nitrogens is 1. The number of halogens is 2. The van der Waals surface area contributed by atoms with Crippen LogP contribution in [0.2, 0.25) is 5.02 Å². The van der Waals surface area contributed by atoms with Gasteiger partial charge >= 0.3 is 0 Å². The minimum absolute atomic E-state index is 0.294. The molecular formula is C13H20ClFN2. The van der Waals surface area contributed by atoms with Crippen LogP contribution in [0, 0.1) is 5.82 Å². The molecule has 1 aromatic heterocycles. The number of rotatable bonds is 8. The van der Waals surface area contributed by atoms with Gasteiger partial charge in [0.15, 0.2) is 11.6 Å². The van der Waals surface area contributed by atoms with E-state index in [0.717, 1.165) is 13.0 Å². The molecule has 2 nitrogen and oxygen atoms in total. The van der Waals surface area contributed by atoms with E-state index in [9.17, 15) is 4.39 Å². The van der Waals surface area contributed by atoms with E-state index in [-0.39, 0.29) is 5.82 Å². The number of unbranched alkanes of at least 4 members (excludes halogenated alkanes) is 5. The summed E-state index contributed by atoms with van der Waals surface area (Å²) in [5, 5.41) is 3.31. The Morgan fingerprint density at radius 1 is 1.24 bits per heavy atom. The third-order valence-corrected chi connectivity index (χ3v) is 2.84. The summed E-state index contributed by atoms with van der Waals surface area (Å²) in [4.78, 5) is 3.91. The summed E-state index contributed by atoms with van der Waals surface area (Å²) in [5.74, 6) is -0.0913. The zero-order valence-electron chi connectivity index (χ0n) is 10.3. The molecule has 0 aliphatic rings. The van der Waals surface area contributed by atoms with Crippen LogP contribution in [0.3, 0.4) is 0 Å². The zero-order chi connectivity index (χ0) is 12.5. The van der Waals surface area contributed by atoms with Crippen LogP contribution in [-0.2, 0) is 0 Å². The molecule has 0 fully saturated rings. The van der Waals surface area contributed by atoms with Gasteiger partial charge in [-0.05, 0) is 12.5 Å². The lowest BCUT2D eigenvalue weighted by molar-refractivity contribution is 0.609. The van der Waals surface area contributed by atoms with Crippen molar-refractivity contribution in [1.29, 1.82) is 0 Å². The lowest BCUT2D eigenvalue weighted by atomic mass is 10.1. The third-order valence-electron chi connectivity index (χ3n) is 2.63. The number of hydrogen-bond acceptors (Lipinski definition) is 2. The molecule has 0 radical (unpaired) electrons. The second-order valence-corrected chi connectivity index (χ2v) is 4.61. The molecule has 0 saturated carbocycles. The Kier molecular flexibility index (Phi) is 6.94. The second kappa shape index (κ2) is 8.29. The van der Waals surface area contributed by atoms with Gasteiger partial charge in [0.05, 0.1) is 5.02 Å². The van der Waals surface area contributed by atoms with Crippen molar-refractivity contribution in [3.05, 3.63) is 23.1 Å². The minimum atomic E-state index is -0.386. The van der Waals surface area contributed by atoms with Crippen molar-refractivity contribution < 1.29 is 4.39 Å². The summed E-state index contributed by atoms with van der Waals surface area (Å²) in [6.07, 6.45) is 8.80. The first kappa shape index (κ1) is 14.2. The van der Waals surface area contributed by atoms with Crippen LogP contribution in [0.15, 0.2) is 12.3 Å². The molecule has 0 saturated heterocycles. The van der Waals surface area contributed by atoms with Crippen molar-refractivity contribution in [2.45, 2.75) is 45.4 Å². The highest BCUT2D eigenvalue weighted by atomic mass is 35.5. The smallest absolute Gasteiger partial charge is 0.166 e. The van der Waals surface area contributed by atoms with E-state index >= 15 is 0 Å². The van der Waals surface area contributed by atoms with Gasteiger partial charge in [0.1, 0.15) is 0 Å². The first-order valence-corrected chi connectivity index (χ1v) is 6.66. The molecule has 0 amide bonds. The molecule has 1 aromatic rings. The van der Waals surface area contributed by atoms with Crippen molar-refractivity contribution in [2.75, 3.05) is 11.9 Å². The molecule has 4 heteroatoms. The summed E-state index contributed by atoms with van der Waals surface area (Å²) in [6.45, 7) is 2.97. The molecular weight excluding hydrogens is 239 g/mol. The minimum Gasteiger partial charge on any atom is -0.368 e. The van der Waals surface area contributed by atoms with Crippen molar-refractivity contribution >= 4 is 17.4 Å². The van der Waals surface area contributed by atoms with E-state index in [4.69, 9.17) is 11.6 Å². The highest BCUT2D eigenvalue weighted by Gasteiger charge is 2.03. The van der Waals surface area contributed by atoms with Crippen LogP contribution < -0.4 is 5.32 Å². The van der Waals surface area contributed by atoms with E-state index < -0.39 is 0 Å². The van der Waals surface area contributed by atoms with Gasteiger partial charge < -0.3 is 5.32 Å². The fourth-order valence-corrected chi connectivity index (χ4v) is 1.80. The van der Waals surface area contributed by atoms with E-state index in [1.807, 2.05) is 0 Å². The van der Waals surface area contributed by atoms with Gasteiger partial charge in [0, 0.05) is 12.7 Å². The normalized spacial score (nSPS) is 10.5. The topological polar surface area (TPSA) is 24.9 Å². The summed E-state index contributed by atoms with van der Waals surface area (Å²) >= 11 is 5.62. The highest BCUT2D eigenvalue weighted by molar-refractivity contribution is 6.30. The molecule has 0 aromatic carbocycles. The number of nitrogens with one attached hydrogen (secondary N) is 1. The van der Waals surface area contributed by atoms with Gasteiger partial charge in [-0.15, -0.1) is 0 Å². The van der Waals surface area contributed by atoms with E-state index in [1.54, 1.807) is 0 Å². The standard InChI is InChI=1S/C13H20ClFN2/c1-2-3-4-5-6-7-8-16-13-12(15)9-11(14)10-17-13/h9-10H,2-8H2,1H3,(H,16,17). The van der Waals surface area contributed by atoms with Gasteiger partial charge in [-0.1, -0.05) is 50.6 Å². The van der Waals surface area contributed by atoms with Gasteiger partial charge in [0.25, 0.3) is 0 Å². The molecule has 0 spiro atoms. The van der Waals surface area contributed by atoms with Gasteiger partial charge in [-0.3, -0.25) is 0 Å². The fraction of sp³-hybridized carbons (Fsp3) is 0.615. The number of hydrogen-bond donors (Lipinski definition) is 1. The maximum absolute atomic E-state index is 13.3. The lowest BCUT2D eigenvalue weighted by Gasteiger charge is -2.06. The summed E-state index contributed by atoms with van der Waals surface area (Å²) < 4.78 is 13.3. The Morgan fingerprint density at radius 2 is 1.94 bits per heavy atom. The molecule has 0 aliphatic carbocycles. The predicted molar refractivity (Wildman–Crippen MR) is 71.1 cm³/mol. The third kappa shape index (κ3) is 5.87. The summed E-state index contributed by atoms with van der Waals surface area (Å²) in [6, 6.07) is 1.28. The van der Waals surface area contributed by atoms with Gasteiger partial charge in [-0.25, -0.2) is 9.37 Å². The molecule has 0 bridgehead atoms. The molecule has 1 rings (SSSR count). The number of pyridine rings is 1. The Bertz CT molecular complexity index is 331. The van der Waals surface area contributed by atoms with Crippen LogP contribution in [0.4, 0.5) is 10.2 Å². The first-order chi connectivity index (χ1) is 8.24. The van der Waals surface area contributed by atoms with Gasteiger partial charge in [0.2, 0.25) is 0 Å². The van der Waals surface area contributed by atoms with Gasteiger partial charge in [-0.2, -0.15) is 0 Å².